The van der Waals surface area contributed by atoms with Gasteiger partial charge in [0.05, 0.1) is 5.69 Å². The Hall–Kier alpha value is -1.16. The quantitative estimate of drug-likeness (QED) is 0.811. The molecule has 0 amide bonds. The number of nitrogens with zero attached hydrogens (tertiary/aromatic N) is 1. The average Bonchev–Trinajstić information content (AvgIpc) is 2.27. The predicted molar refractivity (Wildman–Crippen MR) is 65.2 cm³/mol. The molecule has 17 heavy (non-hydrogen) atoms. The van der Waals surface area contributed by atoms with Crippen LogP contribution in [0.2, 0.25) is 0 Å². The zero-order valence-corrected chi connectivity index (χ0v) is 10.0. The number of benzene rings is 1. The molecule has 0 spiro atoms. The molecule has 0 radical (unpaired) electrons. The summed E-state index contributed by atoms with van der Waals surface area (Å²) in [5.74, 6) is -0.292. The molecule has 1 aromatic carbocycles. The molecule has 1 aliphatic heterocycles. The van der Waals surface area contributed by atoms with Crippen LogP contribution >= 0.6 is 0 Å². The summed E-state index contributed by atoms with van der Waals surface area (Å²) in [5, 5.41) is 3.34. The lowest BCUT2D eigenvalue weighted by Gasteiger charge is -2.30. The molecule has 1 aliphatic rings. The van der Waals surface area contributed by atoms with Crippen LogP contribution in [0.15, 0.2) is 18.2 Å². The molecule has 2 nitrogen and oxygen atoms in total. The van der Waals surface area contributed by atoms with Gasteiger partial charge in [0.15, 0.2) is 0 Å². The van der Waals surface area contributed by atoms with Crippen molar-refractivity contribution in [3.05, 3.63) is 29.8 Å². The minimum Gasteiger partial charge on any atom is -0.369 e. The summed E-state index contributed by atoms with van der Waals surface area (Å²) in [7, 11) is 0. The van der Waals surface area contributed by atoms with E-state index in [-0.39, 0.29) is 11.6 Å². The number of halogens is 2. The molecular formula is C13H18F2N2. The van der Waals surface area contributed by atoms with Crippen LogP contribution in [-0.2, 0) is 0 Å². The molecule has 0 saturated carbocycles. The third kappa shape index (κ3) is 3.16. The molecule has 0 bridgehead atoms. The maximum Gasteiger partial charge on any atom is 0.146 e. The smallest absolute Gasteiger partial charge is 0.146 e. The van der Waals surface area contributed by atoms with Gasteiger partial charge in [0, 0.05) is 19.2 Å². The summed E-state index contributed by atoms with van der Waals surface area (Å²) in [6, 6.07) is 3.65. The number of rotatable bonds is 1. The molecular weight excluding hydrogens is 222 g/mol. The van der Waals surface area contributed by atoms with Gasteiger partial charge in [-0.3, -0.25) is 0 Å². The molecule has 1 unspecified atom stereocenters. The Labute approximate surface area is 101 Å². The average molecular weight is 240 g/mol. The van der Waals surface area contributed by atoms with Gasteiger partial charge in [-0.2, -0.15) is 0 Å². The summed E-state index contributed by atoms with van der Waals surface area (Å²) >= 11 is 0. The van der Waals surface area contributed by atoms with Crippen LogP contribution in [0.4, 0.5) is 14.5 Å². The van der Waals surface area contributed by atoms with E-state index in [4.69, 9.17) is 0 Å². The molecule has 4 heteroatoms. The topological polar surface area (TPSA) is 15.3 Å². The van der Waals surface area contributed by atoms with E-state index in [0.717, 1.165) is 38.7 Å². The van der Waals surface area contributed by atoms with Crippen molar-refractivity contribution < 1.29 is 8.78 Å². The first-order valence-corrected chi connectivity index (χ1v) is 6.07. The SMILES string of the molecule is CC1CNCCCN(c2cc(F)ccc2F)C1. The first kappa shape index (κ1) is 12.3. The second-order valence-corrected chi connectivity index (χ2v) is 4.70. The molecule has 1 atom stereocenters. The van der Waals surface area contributed by atoms with Gasteiger partial charge in [-0.15, -0.1) is 0 Å². The van der Waals surface area contributed by atoms with Crippen LogP contribution in [0.5, 0.6) is 0 Å². The number of hydrogen-bond donors (Lipinski definition) is 1. The fourth-order valence-electron chi connectivity index (χ4n) is 2.22. The third-order valence-corrected chi connectivity index (χ3v) is 3.06. The lowest BCUT2D eigenvalue weighted by atomic mass is 10.1. The summed E-state index contributed by atoms with van der Waals surface area (Å²) in [6.45, 7) is 5.48. The summed E-state index contributed by atoms with van der Waals surface area (Å²) < 4.78 is 26.9. The van der Waals surface area contributed by atoms with Crippen molar-refractivity contribution in [3.8, 4) is 0 Å². The highest BCUT2D eigenvalue weighted by Gasteiger charge is 2.17. The Morgan fingerprint density at radius 1 is 1.35 bits per heavy atom. The van der Waals surface area contributed by atoms with Crippen molar-refractivity contribution in [1.82, 2.24) is 5.32 Å². The van der Waals surface area contributed by atoms with Crippen LogP contribution in [0.25, 0.3) is 0 Å². The number of nitrogens with one attached hydrogen (secondary N) is 1. The van der Waals surface area contributed by atoms with E-state index in [2.05, 4.69) is 12.2 Å². The maximum atomic E-state index is 13.7. The van der Waals surface area contributed by atoms with E-state index >= 15 is 0 Å². The summed E-state index contributed by atoms with van der Waals surface area (Å²) in [5.41, 5.74) is 0.388. The minimum absolute atomic E-state index is 0.341. The van der Waals surface area contributed by atoms with Gasteiger partial charge in [0.25, 0.3) is 0 Å². The Kier molecular flexibility index (Phi) is 3.94. The number of hydrogen-bond acceptors (Lipinski definition) is 2. The summed E-state index contributed by atoms with van der Waals surface area (Å²) in [6.07, 6.45) is 0.947. The van der Waals surface area contributed by atoms with Crippen LogP contribution in [-0.4, -0.2) is 26.2 Å². The van der Waals surface area contributed by atoms with E-state index in [1.807, 2.05) is 4.90 Å². The molecule has 1 saturated heterocycles. The zero-order valence-electron chi connectivity index (χ0n) is 10.0. The predicted octanol–water partition coefficient (Wildman–Crippen LogP) is 2.40. The van der Waals surface area contributed by atoms with Crippen LogP contribution in [0, 0.1) is 17.6 Å². The van der Waals surface area contributed by atoms with E-state index in [9.17, 15) is 8.78 Å². The van der Waals surface area contributed by atoms with Gasteiger partial charge < -0.3 is 10.2 Å². The first-order valence-electron chi connectivity index (χ1n) is 6.07. The highest BCUT2D eigenvalue weighted by molar-refractivity contribution is 5.48. The molecule has 1 aromatic rings. The minimum atomic E-state index is -0.380. The lowest BCUT2D eigenvalue weighted by molar-refractivity contribution is 0.463. The van der Waals surface area contributed by atoms with Crippen molar-refractivity contribution in [3.63, 3.8) is 0 Å². The van der Waals surface area contributed by atoms with Crippen molar-refractivity contribution in [2.45, 2.75) is 13.3 Å². The first-order chi connectivity index (χ1) is 8.16. The Balaban J connectivity index is 2.20. The zero-order chi connectivity index (χ0) is 12.3. The fourth-order valence-corrected chi connectivity index (χ4v) is 2.22. The van der Waals surface area contributed by atoms with Crippen molar-refractivity contribution in [2.75, 3.05) is 31.1 Å². The second kappa shape index (κ2) is 5.45. The van der Waals surface area contributed by atoms with Gasteiger partial charge in [-0.05, 0) is 37.6 Å². The van der Waals surface area contributed by atoms with E-state index in [1.165, 1.54) is 12.1 Å². The Bertz CT molecular complexity index is 382. The van der Waals surface area contributed by atoms with Crippen LogP contribution in [0.3, 0.4) is 0 Å². The van der Waals surface area contributed by atoms with E-state index in [0.29, 0.717) is 11.6 Å². The number of anilines is 1. The molecule has 0 aliphatic carbocycles. The standard InChI is InChI=1S/C13H18F2N2/c1-10-8-16-5-2-6-17(9-10)13-7-11(14)3-4-12(13)15/h3-4,7,10,16H,2,5-6,8-9H2,1H3. The van der Waals surface area contributed by atoms with Gasteiger partial charge in [0.1, 0.15) is 11.6 Å². The van der Waals surface area contributed by atoms with Gasteiger partial charge >= 0.3 is 0 Å². The monoisotopic (exact) mass is 240 g/mol. The molecule has 94 valence electrons. The van der Waals surface area contributed by atoms with E-state index in [1.54, 1.807) is 0 Å². The lowest BCUT2D eigenvalue weighted by Crippen LogP contribution is -2.39. The normalized spacial score (nSPS) is 22.1. The van der Waals surface area contributed by atoms with Crippen LogP contribution in [0.1, 0.15) is 13.3 Å². The molecule has 1 heterocycles. The molecule has 0 aromatic heterocycles. The Morgan fingerprint density at radius 2 is 2.18 bits per heavy atom. The van der Waals surface area contributed by atoms with Gasteiger partial charge in [0.2, 0.25) is 0 Å². The van der Waals surface area contributed by atoms with Crippen molar-refractivity contribution in [1.29, 1.82) is 0 Å². The second-order valence-electron chi connectivity index (χ2n) is 4.70. The summed E-state index contributed by atoms with van der Waals surface area (Å²) in [4.78, 5) is 1.95. The third-order valence-electron chi connectivity index (χ3n) is 3.06. The van der Waals surface area contributed by atoms with Crippen molar-refractivity contribution >= 4 is 5.69 Å². The largest absolute Gasteiger partial charge is 0.369 e. The van der Waals surface area contributed by atoms with E-state index < -0.39 is 0 Å². The molecule has 1 fully saturated rings. The highest BCUT2D eigenvalue weighted by Crippen LogP contribution is 2.22. The van der Waals surface area contributed by atoms with Crippen LogP contribution < -0.4 is 10.2 Å². The highest BCUT2D eigenvalue weighted by atomic mass is 19.1. The van der Waals surface area contributed by atoms with Gasteiger partial charge in [-0.1, -0.05) is 6.92 Å². The fraction of sp³-hybridized carbons (Fsp3) is 0.538. The van der Waals surface area contributed by atoms with Gasteiger partial charge in [-0.25, -0.2) is 8.78 Å². The Morgan fingerprint density at radius 3 is 3.00 bits per heavy atom. The van der Waals surface area contributed by atoms with Crippen molar-refractivity contribution in [2.24, 2.45) is 5.92 Å². The molecule has 1 N–H and O–H groups in total. The maximum absolute atomic E-state index is 13.7. The molecule has 2 rings (SSSR count).